The van der Waals surface area contributed by atoms with Gasteiger partial charge in [-0.3, -0.25) is 19.3 Å². The van der Waals surface area contributed by atoms with Gasteiger partial charge in [0.25, 0.3) is 5.91 Å². The van der Waals surface area contributed by atoms with Gasteiger partial charge >= 0.3 is 6.09 Å². The quantitative estimate of drug-likeness (QED) is 0.444. The fourth-order valence-electron chi connectivity index (χ4n) is 5.36. The van der Waals surface area contributed by atoms with E-state index in [9.17, 15) is 23.6 Å². The molecule has 2 aliphatic rings. The van der Waals surface area contributed by atoms with Gasteiger partial charge in [-0.05, 0) is 63.6 Å². The number of halogens is 1. The van der Waals surface area contributed by atoms with E-state index in [1.807, 2.05) is 6.92 Å². The molecular formula is C30H27FN2O5. The lowest BCUT2D eigenvalue weighted by atomic mass is 9.65. The van der Waals surface area contributed by atoms with Gasteiger partial charge in [-0.2, -0.15) is 0 Å². The van der Waals surface area contributed by atoms with Crippen molar-refractivity contribution in [2.75, 3.05) is 9.80 Å². The van der Waals surface area contributed by atoms with E-state index in [1.54, 1.807) is 75.4 Å². The number of hydrogen-bond donors (Lipinski definition) is 0. The lowest BCUT2D eigenvalue weighted by molar-refractivity contribution is -0.130. The van der Waals surface area contributed by atoms with Gasteiger partial charge in [0.05, 0.1) is 17.3 Å². The summed E-state index contributed by atoms with van der Waals surface area (Å²) in [6, 6.07) is 19.0. The number of hydrogen-bond acceptors (Lipinski definition) is 5. The fourth-order valence-corrected chi connectivity index (χ4v) is 5.36. The van der Waals surface area contributed by atoms with Crippen molar-refractivity contribution in [2.24, 2.45) is 5.92 Å². The van der Waals surface area contributed by atoms with Crippen LogP contribution in [0.4, 0.5) is 20.6 Å². The van der Waals surface area contributed by atoms with Gasteiger partial charge < -0.3 is 4.74 Å². The van der Waals surface area contributed by atoms with Crippen molar-refractivity contribution >= 4 is 35.2 Å². The Balaban J connectivity index is 1.73. The van der Waals surface area contributed by atoms with E-state index >= 15 is 0 Å². The summed E-state index contributed by atoms with van der Waals surface area (Å²) in [5.74, 6) is -3.72. The van der Waals surface area contributed by atoms with E-state index in [0.29, 0.717) is 11.3 Å². The molecule has 0 bridgehead atoms. The number of carbonyl (C=O) groups excluding carboxylic acids is 4. The minimum Gasteiger partial charge on any atom is -0.443 e. The fraction of sp³-hybridized carbons (Fsp3) is 0.267. The molecule has 2 atom stereocenters. The predicted octanol–water partition coefficient (Wildman–Crippen LogP) is 5.28. The SMILES string of the molecule is Cc1ccc(N2C(=O)C[C@@H](C3(c4ccccc4)C(=O)N(C(=O)OC(C)(C)C)c4ccc(F)cc43)C2=O)cc1. The van der Waals surface area contributed by atoms with E-state index in [-0.39, 0.29) is 17.7 Å². The Morgan fingerprint density at radius 2 is 1.63 bits per heavy atom. The predicted molar refractivity (Wildman–Crippen MR) is 139 cm³/mol. The van der Waals surface area contributed by atoms with Gasteiger partial charge in [0.2, 0.25) is 11.8 Å². The van der Waals surface area contributed by atoms with Crippen molar-refractivity contribution < 1.29 is 28.3 Å². The molecule has 3 aromatic rings. The number of amides is 4. The molecule has 2 aliphatic heterocycles. The summed E-state index contributed by atoms with van der Waals surface area (Å²) in [6.07, 6.45) is -1.24. The number of anilines is 2. The van der Waals surface area contributed by atoms with Gasteiger partial charge in [0, 0.05) is 12.0 Å². The van der Waals surface area contributed by atoms with E-state index in [2.05, 4.69) is 0 Å². The standard InChI is InChI=1S/C30H27FN2O5/c1-18-10-13-21(14-11-18)32-25(34)17-23(26(32)35)30(19-8-6-5-7-9-19)22-16-20(31)12-15-24(22)33(27(30)36)28(37)38-29(2,3)4/h5-16,23H,17H2,1-4H3/t23-,30?/m1/s1. The molecule has 38 heavy (non-hydrogen) atoms. The molecule has 1 saturated heterocycles. The van der Waals surface area contributed by atoms with Crippen molar-refractivity contribution in [1.82, 2.24) is 0 Å². The highest BCUT2D eigenvalue weighted by molar-refractivity contribution is 6.28. The molecule has 2 heterocycles. The smallest absolute Gasteiger partial charge is 0.421 e. The highest BCUT2D eigenvalue weighted by atomic mass is 19.1. The molecule has 0 saturated carbocycles. The molecule has 1 unspecified atom stereocenters. The molecule has 1 fully saturated rings. The van der Waals surface area contributed by atoms with Crippen molar-refractivity contribution in [3.05, 3.63) is 95.3 Å². The molecule has 194 valence electrons. The lowest BCUT2D eigenvalue weighted by Gasteiger charge is -2.33. The van der Waals surface area contributed by atoms with Gasteiger partial charge in [-0.25, -0.2) is 14.1 Å². The van der Waals surface area contributed by atoms with Gasteiger partial charge in [0.15, 0.2) is 0 Å². The van der Waals surface area contributed by atoms with Crippen LogP contribution in [0.3, 0.4) is 0 Å². The number of rotatable bonds is 3. The summed E-state index contributed by atoms with van der Waals surface area (Å²) in [4.78, 5) is 57.1. The normalized spacial score (nSPS) is 21.2. The number of nitrogens with zero attached hydrogens (tertiary/aromatic N) is 2. The largest absolute Gasteiger partial charge is 0.443 e. The van der Waals surface area contributed by atoms with E-state index < -0.39 is 46.6 Å². The maximum Gasteiger partial charge on any atom is 0.421 e. The third-order valence-electron chi connectivity index (χ3n) is 6.93. The Labute approximate surface area is 219 Å². The molecule has 0 radical (unpaired) electrons. The number of fused-ring (bicyclic) bond motifs is 1. The maximum absolute atomic E-state index is 14.8. The van der Waals surface area contributed by atoms with E-state index in [1.165, 1.54) is 6.07 Å². The molecule has 0 spiro atoms. The van der Waals surface area contributed by atoms with Gasteiger partial charge in [-0.15, -0.1) is 0 Å². The Kier molecular flexibility index (Phi) is 5.93. The number of imide groups is 2. The second kappa shape index (κ2) is 8.90. The summed E-state index contributed by atoms with van der Waals surface area (Å²) >= 11 is 0. The molecule has 5 rings (SSSR count). The highest BCUT2D eigenvalue weighted by Crippen LogP contribution is 2.54. The Morgan fingerprint density at radius 3 is 2.26 bits per heavy atom. The highest BCUT2D eigenvalue weighted by Gasteiger charge is 2.64. The first-order valence-corrected chi connectivity index (χ1v) is 12.3. The van der Waals surface area contributed by atoms with Crippen LogP contribution in [0.5, 0.6) is 0 Å². The Morgan fingerprint density at radius 1 is 0.974 bits per heavy atom. The van der Waals surface area contributed by atoms with Crippen LogP contribution in [-0.2, 0) is 24.5 Å². The minimum atomic E-state index is -1.83. The average Bonchev–Trinajstić information content (AvgIpc) is 3.29. The second-order valence-corrected chi connectivity index (χ2v) is 10.6. The monoisotopic (exact) mass is 514 g/mol. The average molecular weight is 515 g/mol. The lowest BCUT2D eigenvalue weighted by Crippen LogP contribution is -2.51. The maximum atomic E-state index is 14.8. The third-order valence-corrected chi connectivity index (χ3v) is 6.93. The zero-order valence-corrected chi connectivity index (χ0v) is 21.5. The molecular weight excluding hydrogens is 487 g/mol. The zero-order chi connectivity index (χ0) is 27.4. The Hall–Kier alpha value is -4.33. The van der Waals surface area contributed by atoms with Crippen molar-refractivity contribution in [1.29, 1.82) is 0 Å². The second-order valence-electron chi connectivity index (χ2n) is 10.6. The summed E-state index contributed by atoms with van der Waals surface area (Å²) in [6.45, 7) is 6.89. The summed E-state index contributed by atoms with van der Waals surface area (Å²) in [7, 11) is 0. The Bertz CT molecular complexity index is 1460. The molecule has 0 N–H and O–H groups in total. The van der Waals surface area contributed by atoms with Gasteiger partial charge in [0.1, 0.15) is 16.8 Å². The number of benzene rings is 3. The van der Waals surface area contributed by atoms with E-state index in [0.717, 1.165) is 27.5 Å². The first-order valence-electron chi connectivity index (χ1n) is 12.3. The number of ether oxygens (including phenoxy) is 1. The third kappa shape index (κ3) is 3.88. The summed E-state index contributed by atoms with van der Waals surface area (Å²) in [5, 5.41) is 0. The van der Waals surface area contributed by atoms with Crippen LogP contribution < -0.4 is 9.80 Å². The van der Waals surface area contributed by atoms with Crippen LogP contribution in [0, 0.1) is 18.7 Å². The molecule has 4 amide bonds. The molecule has 8 heteroatoms. The molecule has 7 nitrogen and oxygen atoms in total. The first-order chi connectivity index (χ1) is 17.9. The van der Waals surface area contributed by atoms with Crippen LogP contribution >= 0.6 is 0 Å². The summed E-state index contributed by atoms with van der Waals surface area (Å²) < 4.78 is 20.3. The number of aryl methyl sites for hydroxylation is 1. The zero-order valence-electron chi connectivity index (χ0n) is 21.5. The first kappa shape index (κ1) is 25.3. The number of carbonyl (C=O) groups is 4. The molecule has 0 aliphatic carbocycles. The van der Waals surface area contributed by atoms with Crippen molar-refractivity contribution in [2.45, 2.75) is 45.1 Å². The molecule has 0 aromatic heterocycles. The van der Waals surface area contributed by atoms with Crippen molar-refractivity contribution in [3.8, 4) is 0 Å². The van der Waals surface area contributed by atoms with Crippen molar-refractivity contribution in [3.63, 3.8) is 0 Å². The van der Waals surface area contributed by atoms with Gasteiger partial charge in [-0.1, -0.05) is 48.0 Å². The van der Waals surface area contributed by atoms with Crippen LogP contribution in [0.15, 0.2) is 72.8 Å². The van der Waals surface area contributed by atoms with Crippen LogP contribution in [-0.4, -0.2) is 29.4 Å². The van der Waals surface area contributed by atoms with Crippen LogP contribution in [0.25, 0.3) is 0 Å². The molecule has 3 aromatic carbocycles. The summed E-state index contributed by atoms with van der Waals surface area (Å²) in [5.41, 5.74) is -0.794. The van der Waals surface area contributed by atoms with E-state index in [4.69, 9.17) is 4.74 Å². The minimum absolute atomic E-state index is 0.114. The van der Waals surface area contributed by atoms with Crippen LogP contribution in [0.2, 0.25) is 0 Å². The topological polar surface area (TPSA) is 84.0 Å². The van der Waals surface area contributed by atoms with Crippen LogP contribution in [0.1, 0.15) is 43.9 Å².